The van der Waals surface area contributed by atoms with E-state index < -0.39 is 12.9 Å². The molecule has 1 unspecified atom stereocenters. The SMILES string of the molecule is [2H]C([2H])([2H])NC(=O)c1nnc(NC(=O)C2CC2)cc1Nc1cccc(-c2ncc(C(=O)N3CCC3C)s2)c1OC. The van der Waals surface area contributed by atoms with Crippen molar-refractivity contribution in [1.29, 1.82) is 0 Å². The van der Waals surface area contributed by atoms with Crippen LogP contribution in [-0.4, -0.2) is 64.5 Å². The fraction of sp³-hybridized carbons (Fsp3) is 0.360. The Morgan fingerprint density at radius 1 is 1.19 bits per heavy atom. The molecule has 3 heterocycles. The lowest BCUT2D eigenvalue weighted by Gasteiger charge is -2.38. The number of methoxy groups -OCH3 is 1. The van der Waals surface area contributed by atoms with Gasteiger partial charge in [0.15, 0.2) is 17.3 Å². The third-order valence-electron chi connectivity index (χ3n) is 6.34. The van der Waals surface area contributed by atoms with Gasteiger partial charge in [0.1, 0.15) is 9.88 Å². The molecule has 1 atom stereocenters. The van der Waals surface area contributed by atoms with Crippen molar-refractivity contribution >= 4 is 46.3 Å². The number of likely N-dealkylation sites (tertiary alicyclic amines) is 1. The number of nitrogens with zero attached hydrogens (tertiary/aromatic N) is 4. The van der Waals surface area contributed by atoms with E-state index in [4.69, 9.17) is 8.85 Å². The second-order valence-electron chi connectivity index (χ2n) is 8.89. The van der Waals surface area contributed by atoms with Crippen LogP contribution >= 0.6 is 11.3 Å². The highest BCUT2D eigenvalue weighted by atomic mass is 32.1. The van der Waals surface area contributed by atoms with E-state index in [1.54, 1.807) is 29.3 Å². The lowest BCUT2D eigenvalue weighted by Crippen LogP contribution is -2.49. The summed E-state index contributed by atoms with van der Waals surface area (Å²) in [6, 6.07) is 6.83. The van der Waals surface area contributed by atoms with E-state index in [1.165, 1.54) is 24.5 Å². The molecule has 2 fully saturated rings. The number of thiazole rings is 1. The number of hydrogen-bond donors (Lipinski definition) is 3. The van der Waals surface area contributed by atoms with Gasteiger partial charge in [-0.05, 0) is 38.3 Å². The van der Waals surface area contributed by atoms with Crippen molar-refractivity contribution < 1.29 is 23.2 Å². The smallest absolute Gasteiger partial charge is 0.273 e. The average Bonchev–Trinajstić information content (AvgIpc) is 3.63. The maximum absolute atomic E-state index is 12.8. The molecule has 11 nitrogen and oxygen atoms in total. The van der Waals surface area contributed by atoms with E-state index in [0.29, 0.717) is 26.9 Å². The summed E-state index contributed by atoms with van der Waals surface area (Å²) in [4.78, 5) is 44.6. The first-order valence-corrected chi connectivity index (χ1v) is 12.6. The van der Waals surface area contributed by atoms with Crippen LogP contribution in [0.1, 0.15) is 50.5 Å². The van der Waals surface area contributed by atoms with Crippen molar-refractivity contribution in [2.45, 2.75) is 32.2 Å². The number of carbonyl (C=O) groups excluding carboxylic acids is 3. The fourth-order valence-electron chi connectivity index (χ4n) is 3.97. The molecule has 12 heteroatoms. The molecule has 37 heavy (non-hydrogen) atoms. The lowest BCUT2D eigenvalue weighted by atomic mass is 10.1. The Kier molecular flexibility index (Phi) is 5.77. The van der Waals surface area contributed by atoms with Gasteiger partial charge in [0.2, 0.25) is 5.91 Å². The van der Waals surface area contributed by atoms with Crippen molar-refractivity contribution in [3.63, 3.8) is 0 Å². The molecule has 0 bridgehead atoms. The van der Waals surface area contributed by atoms with E-state index >= 15 is 0 Å². The molecule has 0 radical (unpaired) electrons. The van der Waals surface area contributed by atoms with Gasteiger partial charge in [-0.3, -0.25) is 14.4 Å². The number of para-hydroxylation sites is 1. The summed E-state index contributed by atoms with van der Waals surface area (Å²) in [5, 5.41) is 16.0. The van der Waals surface area contributed by atoms with Gasteiger partial charge in [-0.25, -0.2) is 4.98 Å². The number of hydrogen-bond acceptors (Lipinski definition) is 9. The predicted octanol–water partition coefficient (Wildman–Crippen LogP) is 3.29. The van der Waals surface area contributed by atoms with E-state index in [-0.39, 0.29) is 41.0 Å². The zero-order chi connectivity index (χ0) is 28.6. The minimum atomic E-state index is -2.75. The van der Waals surface area contributed by atoms with Gasteiger partial charge >= 0.3 is 0 Å². The first-order valence-electron chi connectivity index (χ1n) is 13.3. The van der Waals surface area contributed by atoms with Gasteiger partial charge in [0.25, 0.3) is 11.8 Å². The number of ether oxygens (including phenoxy) is 1. The number of rotatable bonds is 8. The zero-order valence-electron chi connectivity index (χ0n) is 23.2. The van der Waals surface area contributed by atoms with E-state index in [1.807, 2.05) is 12.2 Å². The van der Waals surface area contributed by atoms with Crippen LogP contribution in [0, 0.1) is 5.92 Å². The Labute approximate surface area is 221 Å². The van der Waals surface area contributed by atoms with Crippen molar-refractivity contribution in [2.75, 3.05) is 31.3 Å². The predicted molar refractivity (Wildman–Crippen MR) is 139 cm³/mol. The molecule has 192 valence electrons. The highest BCUT2D eigenvalue weighted by Crippen LogP contribution is 2.40. The molecule has 3 amide bonds. The summed E-state index contributed by atoms with van der Waals surface area (Å²) in [7, 11) is 1.47. The standard InChI is InChI=1S/C25H27N7O4S/c1-13-9-10-32(13)25(35)18-12-27-24(37-18)15-5-4-6-16(21(15)36-3)28-17-11-19(29-22(33)14-7-8-14)30-31-20(17)23(34)26-2/h4-6,11-14H,7-10H2,1-3H3,(H,26,34)(H2,28,29,30,33)/i2D3. The van der Waals surface area contributed by atoms with Crippen LogP contribution in [0.15, 0.2) is 30.5 Å². The Hall–Kier alpha value is -4.06. The summed E-state index contributed by atoms with van der Waals surface area (Å²) in [6.07, 6.45) is 4.09. The number of anilines is 3. The van der Waals surface area contributed by atoms with Gasteiger partial charge in [-0.1, -0.05) is 6.07 Å². The van der Waals surface area contributed by atoms with Gasteiger partial charge in [-0.15, -0.1) is 21.5 Å². The number of nitrogens with one attached hydrogen (secondary N) is 3. The molecular weight excluding hydrogens is 494 g/mol. The number of amides is 3. The Balaban J connectivity index is 1.47. The third kappa shape index (κ3) is 4.96. The van der Waals surface area contributed by atoms with Crippen LogP contribution < -0.4 is 20.7 Å². The van der Waals surface area contributed by atoms with Crippen LogP contribution in [0.5, 0.6) is 5.75 Å². The van der Waals surface area contributed by atoms with Crippen molar-refractivity contribution in [3.8, 4) is 16.3 Å². The van der Waals surface area contributed by atoms with Gasteiger partial charge < -0.3 is 25.6 Å². The van der Waals surface area contributed by atoms with Crippen LogP contribution in [-0.2, 0) is 4.79 Å². The number of aromatic nitrogens is 3. The number of carbonyl (C=O) groups is 3. The third-order valence-corrected chi connectivity index (χ3v) is 7.36. The lowest BCUT2D eigenvalue weighted by molar-refractivity contribution is -0.117. The second kappa shape index (κ2) is 10.1. The highest BCUT2D eigenvalue weighted by Gasteiger charge is 2.31. The molecule has 2 aliphatic rings. The van der Waals surface area contributed by atoms with Crippen molar-refractivity contribution in [2.24, 2.45) is 5.92 Å². The van der Waals surface area contributed by atoms with Crippen LogP contribution in [0.3, 0.4) is 0 Å². The van der Waals surface area contributed by atoms with Crippen molar-refractivity contribution in [3.05, 3.63) is 41.0 Å². The first kappa shape index (κ1) is 21.1. The maximum Gasteiger partial charge on any atom is 0.273 e. The van der Waals surface area contributed by atoms with E-state index in [9.17, 15) is 14.4 Å². The summed E-state index contributed by atoms with van der Waals surface area (Å²) in [5.41, 5.74) is 0.819. The van der Waals surface area contributed by atoms with E-state index in [0.717, 1.165) is 25.8 Å². The molecule has 1 aromatic carbocycles. The maximum atomic E-state index is 12.8. The summed E-state index contributed by atoms with van der Waals surface area (Å²) < 4.78 is 27.9. The number of benzene rings is 1. The van der Waals surface area contributed by atoms with Gasteiger partial charge in [-0.2, -0.15) is 0 Å². The Morgan fingerprint density at radius 2 is 2.03 bits per heavy atom. The molecule has 1 saturated heterocycles. The van der Waals surface area contributed by atoms with Crippen LogP contribution in [0.4, 0.5) is 17.2 Å². The largest absolute Gasteiger partial charge is 0.494 e. The van der Waals surface area contributed by atoms with Gasteiger partial charge in [0, 0.05) is 35.7 Å². The normalized spacial score (nSPS) is 18.1. The molecule has 2 aromatic heterocycles. The average molecular weight is 525 g/mol. The summed E-state index contributed by atoms with van der Waals surface area (Å²) in [6.45, 7) is -0.0259. The molecule has 3 N–H and O–H groups in total. The zero-order valence-corrected chi connectivity index (χ0v) is 21.0. The minimum Gasteiger partial charge on any atom is -0.494 e. The molecule has 1 aliphatic heterocycles. The quantitative estimate of drug-likeness (QED) is 0.408. The minimum absolute atomic E-state index is 0.0655. The van der Waals surface area contributed by atoms with Crippen LogP contribution in [0.2, 0.25) is 0 Å². The molecule has 0 spiro atoms. The monoisotopic (exact) mass is 524 g/mol. The van der Waals surface area contributed by atoms with E-state index in [2.05, 4.69) is 25.8 Å². The topological polar surface area (TPSA) is 138 Å². The second-order valence-corrected chi connectivity index (χ2v) is 9.92. The Morgan fingerprint density at radius 3 is 2.70 bits per heavy atom. The van der Waals surface area contributed by atoms with Crippen molar-refractivity contribution in [1.82, 2.24) is 25.4 Å². The summed E-state index contributed by atoms with van der Waals surface area (Å²) in [5.74, 6) is -0.870. The Bertz CT molecular complexity index is 1470. The first-order chi connectivity index (χ1) is 19.0. The summed E-state index contributed by atoms with van der Waals surface area (Å²) >= 11 is 1.24. The highest BCUT2D eigenvalue weighted by molar-refractivity contribution is 7.17. The molecule has 1 saturated carbocycles. The fourth-order valence-corrected chi connectivity index (χ4v) is 4.87. The molecule has 5 rings (SSSR count). The molecular formula is C25H27N7O4S. The van der Waals surface area contributed by atoms with Crippen LogP contribution in [0.25, 0.3) is 10.6 Å². The molecule has 3 aromatic rings. The van der Waals surface area contributed by atoms with Gasteiger partial charge in [0.05, 0.1) is 30.2 Å². The molecule has 1 aliphatic carbocycles.